The van der Waals surface area contributed by atoms with Gasteiger partial charge in [-0.3, -0.25) is 0 Å². The van der Waals surface area contributed by atoms with E-state index in [4.69, 9.17) is 23.2 Å². The van der Waals surface area contributed by atoms with E-state index >= 15 is 0 Å². The van der Waals surface area contributed by atoms with Crippen LogP contribution in [0.25, 0.3) is 22.3 Å². The SMILES string of the molecule is CC(C)(C)c1cc(-c2ccccc2)c(NSc2cc(Cl)cc(Cl)c2)c(-c2ccccc2)c1. The lowest BCUT2D eigenvalue weighted by Gasteiger charge is -2.25. The third-order valence-corrected chi connectivity index (χ3v) is 6.50. The molecule has 0 saturated heterocycles. The third kappa shape index (κ3) is 5.32. The average molecular weight is 478 g/mol. The molecule has 0 amide bonds. The molecule has 4 aromatic rings. The van der Waals surface area contributed by atoms with Crippen LogP contribution < -0.4 is 4.72 Å². The summed E-state index contributed by atoms with van der Waals surface area (Å²) < 4.78 is 3.63. The molecule has 0 fully saturated rings. The summed E-state index contributed by atoms with van der Waals surface area (Å²) >= 11 is 14.0. The predicted molar refractivity (Wildman–Crippen MR) is 142 cm³/mol. The van der Waals surface area contributed by atoms with E-state index in [1.54, 1.807) is 6.07 Å². The molecule has 1 nitrogen and oxygen atoms in total. The van der Waals surface area contributed by atoms with Crippen molar-refractivity contribution in [1.29, 1.82) is 0 Å². The maximum absolute atomic E-state index is 6.23. The molecule has 0 radical (unpaired) electrons. The van der Waals surface area contributed by atoms with Crippen LogP contribution in [0.2, 0.25) is 10.0 Å². The van der Waals surface area contributed by atoms with Gasteiger partial charge in [-0.2, -0.15) is 0 Å². The second kappa shape index (κ2) is 9.62. The topological polar surface area (TPSA) is 12.0 Å². The second-order valence-corrected chi connectivity index (χ2v) is 10.5. The predicted octanol–water partition coefficient (Wildman–Crippen LogP) is 9.74. The zero-order valence-electron chi connectivity index (χ0n) is 18.3. The summed E-state index contributed by atoms with van der Waals surface area (Å²) in [5.74, 6) is 0. The molecule has 162 valence electrons. The minimum Gasteiger partial charge on any atom is -0.325 e. The molecule has 1 N–H and O–H groups in total. The molecule has 0 saturated carbocycles. The molecule has 32 heavy (non-hydrogen) atoms. The number of hydrogen-bond donors (Lipinski definition) is 1. The Balaban J connectivity index is 1.90. The standard InChI is InChI=1S/C28H25Cl2NS/c1-28(2,3)21-14-25(19-10-6-4-7-11-19)27(26(15-21)20-12-8-5-9-13-20)31-32-24-17-22(29)16-23(30)18-24/h4-18,31H,1-3H3. The number of halogens is 2. The fourth-order valence-corrected chi connectivity index (χ4v) is 5.04. The number of anilines is 1. The van der Waals surface area contributed by atoms with Crippen LogP contribution in [0.15, 0.2) is 95.9 Å². The maximum atomic E-state index is 6.23. The number of hydrogen-bond acceptors (Lipinski definition) is 2. The summed E-state index contributed by atoms with van der Waals surface area (Å²) in [5.41, 5.74) is 7.04. The van der Waals surface area contributed by atoms with Crippen molar-refractivity contribution < 1.29 is 0 Å². The summed E-state index contributed by atoms with van der Waals surface area (Å²) in [6, 6.07) is 31.2. The minimum absolute atomic E-state index is 0.0131. The van der Waals surface area contributed by atoms with Crippen molar-refractivity contribution in [2.45, 2.75) is 31.1 Å². The van der Waals surface area contributed by atoms with Gasteiger partial charge in [-0.15, -0.1) is 0 Å². The van der Waals surface area contributed by atoms with Gasteiger partial charge in [0.05, 0.1) is 5.69 Å². The normalized spacial score (nSPS) is 11.4. The lowest BCUT2D eigenvalue weighted by atomic mass is 9.82. The van der Waals surface area contributed by atoms with Gasteiger partial charge in [0, 0.05) is 26.1 Å². The monoisotopic (exact) mass is 477 g/mol. The fourth-order valence-electron chi connectivity index (χ4n) is 3.57. The van der Waals surface area contributed by atoms with Crippen molar-refractivity contribution in [3.63, 3.8) is 0 Å². The zero-order chi connectivity index (χ0) is 22.7. The first-order valence-electron chi connectivity index (χ1n) is 10.5. The molecule has 0 bridgehead atoms. The maximum Gasteiger partial charge on any atom is 0.0601 e. The molecule has 0 spiro atoms. The van der Waals surface area contributed by atoms with Gasteiger partial charge < -0.3 is 4.72 Å². The molecule has 0 unspecified atom stereocenters. The van der Waals surface area contributed by atoms with Crippen molar-refractivity contribution in [3.8, 4) is 22.3 Å². The first-order valence-corrected chi connectivity index (χ1v) is 12.1. The van der Waals surface area contributed by atoms with Gasteiger partial charge in [-0.05, 0) is 64.4 Å². The summed E-state index contributed by atoms with van der Waals surface area (Å²) in [6.07, 6.45) is 0. The van der Waals surface area contributed by atoms with Crippen LogP contribution in [-0.4, -0.2) is 0 Å². The molecule has 4 aromatic carbocycles. The van der Waals surface area contributed by atoms with Crippen molar-refractivity contribution in [1.82, 2.24) is 0 Å². The van der Waals surface area contributed by atoms with Crippen LogP contribution in [0.3, 0.4) is 0 Å². The van der Waals surface area contributed by atoms with Crippen LogP contribution in [-0.2, 0) is 5.41 Å². The van der Waals surface area contributed by atoms with Gasteiger partial charge in [0.1, 0.15) is 0 Å². The lowest BCUT2D eigenvalue weighted by molar-refractivity contribution is 0.591. The van der Waals surface area contributed by atoms with Gasteiger partial charge in [0.15, 0.2) is 0 Å². The van der Waals surface area contributed by atoms with Gasteiger partial charge in [0.2, 0.25) is 0 Å². The second-order valence-electron chi connectivity index (χ2n) is 8.74. The minimum atomic E-state index is 0.0131. The Morgan fingerprint density at radius 2 is 1.12 bits per heavy atom. The van der Waals surface area contributed by atoms with E-state index in [1.165, 1.54) is 28.6 Å². The lowest BCUT2D eigenvalue weighted by Crippen LogP contribution is -2.12. The highest BCUT2D eigenvalue weighted by atomic mass is 35.5. The van der Waals surface area contributed by atoms with Crippen LogP contribution in [0.5, 0.6) is 0 Å². The Hall–Kier alpha value is -2.39. The van der Waals surface area contributed by atoms with Gasteiger partial charge >= 0.3 is 0 Å². The fraction of sp³-hybridized carbons (Fsp3) is 0.143. The summed E-state index contributed by atoms with van der Waals surface area (Å²) in [4.78, 5) is 0.959. The molecule has 0 heterocycles. The Morgan fingerprint density at radius 1 is 0.656 bits per heavy atom. The molecule has 0 atom stereocenters. The highest BCUT2D eigenvalue weighted by Crippen LogP contribution is 2.43. The van der Waals surface area contributed by atoms with E-state index in [1.807, 2.05) is 24.3 Å². The largest absolute Gasteiger partial charge is 0.325 e. The van der Waals surface area contributed by atoms with Gasteiger partial charge in [0.25, 0.3) is 0 Å². The Labute approximate surface area is 204 Å². The molecule has 0 aliphatic carbocycles. The van der Waals surface area contributed by atoms with Crippen molar-refractivity contribution in [2.75, 3.05) is 4.72 Å². The molecule has 0 aromatic heterocycles. The van der Waals surface area contributed by atoms with Crippen LogP contribution in [0.1, 0.15) is 26.3 Å². The Kier molecular flexibility index (Phi) is 6.85. The highest BCUT2D eigenvalue weighted by Gasteiger charge is 2.21. The van der Waals surface area contributed by atoms with Crippen molar-refractivity contribution in [3.05, 3.63) is 107 Å². The number of rotatable bonds is 5. The average Bonchev–Trinajstić information content (AvgIpc) is 2.77. The Morgan fingerprint density at radius 3 is 1.56 bits per heavy atom. The summed E-state index contributed by atoms with van der Waals surface area (Å²) in [6.45, 7) is 6.76. The molecular formula is C28H25Cl2NS. The van der Waals surface area contributed by atoms with E-state index in [2.05, 4.69) is 86.2 Å². The van der Waals surface area contributed by atoms with E-state index in [0.717, 1.165) is 21.7 Å². The molecule has 0 aliphatic heterocycles. The molecule has 0 aliphatic rings. The van der Waals surface area contributed by atoms with E-state index in [0.29, 0.717) is 10.0 Å². The van der Waals surface area contributed by atoms with E-state index in [-0.39, 0.29) is 5.41 Å². The van der Waals surface area contributed by atoms with Crippen LogP contribution in [0.4, 0.5) is 5.69 Å². The van der Waals surface area contributed by atoms with Gasteiger partial charge in [-0.25, -0.2) is 0 Å². The quantitative estimate of drug-likeness (QED) is 0.287. The van der Waals surface area contributed by atoms with Crippen LogP contribution >= 0.6 is 35.1 Å². The van der Waals surface area contributed by atoms with Crippen molar-refractivity contribution >= 4 is 40.8 Å². The molecule has 4 rings (SSSR count). The highest BCUT2D eigenvalue weighted by molar-refractivity contribution is 8.00. The summed E-state index contributed by atoms with van der Waals surface area (Å²) in [5, 5.41) is 1.24. The van der Waals surface area contributed by atoms with E-state index < -0.39 is 0 Å². The first-order chi connectivity index (χ1) is 15.3. The van der Waals surface area contributed by atoms with E-state index in [9.17, 15) is 0 Å². The summed E-state index contributed by atoms with van der Waals surface area (Å²) in [7, 11) is 0. The third-order valence-electron chi connectivity index (χ3n) is 5.28. The zero-order valence-corrected chi connectivity index (χ0v) is 20.7. The first kappa shape index (κ1) is 22.8. The van der Waals surface area contributed by atoms with Crippen molar-refractivity contribution in [2.24, 2.45) is 0 Å². The van der Waals surface area contributed by atoms with Crippen LogP contribution in [0, 0.1) is 0 Å². The number of benzene rings is 4. The van der Waals surface area contributed by atoms with Gasteiger partial charge in [-0.1, -0.05) is 105 Å². The molecule has 4 heteroatoms. The molecular weight excluding hydrogens is 453 g/mol. The Bertz CT molecular complexity index is 1130. The smallest absolute Gasteiger partial charge is 0.0601 e. The number of nitrogens with one attached hydrogen (secondary N) is 1.